The van der Waals surface area contributed by atoms with Crippen LogP contribution < -0.4 is 4.74 Å². The Morgan fingerprint density at radius 3 is 2.29 bits per heavy atom. The lowest BCUT2D eigenvalue weighted by Crippen LogP contribution is -2.03. The fourth-order valence-electron chi connectivity index (χ4n) is 2.64. The van der Waals surface area contributed by atoms with Crippen molar-refractivity contribution in [1.29, 1.82) is 0 Å². The van der Waals surface area contributed by atoms with Crippen LogP contribution >= 0.6 is 0 Å². The summed E-state index contributed by atoms with van der Waals surface area (Å²) < 4.78 is 32.9. The molecule has 1 aliphatic rings. The average molecular weight is 288 g/mol. The van der Waals surface area contributed by atoms with Gasteiger partial charge in [0, 0.05) is 5.56 Å². The number of hydrogen-bond acceptors (Lipinski definition) is 2. The highest BCUT2D eigenvalue weighted by Gasteiger charge is 2.15. The molecule has 1 aliphatic carbocycles. The van der Waals surface area contributed by atoms with Crippen molar-refractivity contribution in [2.75, 3.05) is 0 Å². The zero-order valence-electron chi connectivity index (χ0n) is 11.4. The third kappa shape index (κ3) is 2.79. The molecule has 0 unspecified atom stereocenters. The van der Waals surface area contributed by atoms with E-state index < -0.39 is 17.4 Å². The highest BCUT2D eigenvalue weighted by atomic mass is 19.1. The van der Waals surface area contributed by atoms with Crippen molar-refractivity contribution in [3.8, 4) is 11.5 Å². The summed E-state index contributed by atoms with van der Waals surface area (Å²) >= 11 is 0. The Morgan fingerprint density at radius 1 is 0.952 bits per heavy atom. The van der Waals surface area contributed by atoms with Gasteiger partial charge in [-0.25, -0.2) is 8.78 Å². The molecule has 0 radical (unpaired) electrons. The van der Waals surface area contributed by atoms with Crippen LogP contribution in [0, 0.1) is 11.6 Å². The second kappa shape index (κ2) is 5.64. The van der Waals surface area contributed by atoms with Crippen molar-refractivity contribution in [2.24, 2.45) is 0 Å². The van der Waals surface area contributed by atoms with E-state index in [1.165, 1.54) is 17.5 Å². The molecule has 108 valence electrons. The molecule has 0 fully saturated rings. The van der Waals surface area contributed by atoms with Gasteiger partial charge in [0.25, 0.3) is 0 Å². The smallest absolute Gasteiger partial charge is 0.198 e. The van der Waals surface area contributed by atoms with Crippen LogP contribution in [-0.2, 0) is 12.8 Å². The number of halogens is 2. The van der Waals surface area contributed by atoms with E-state index in [0.717, 1.165) is 31.4 Å². The van der Waals surface area contributed by atoms with Gasteiger partial charge in [-0.05, 0) is 61.1 Å². The first-order valence-corrected chi connectivity index (χ1v) is 6.91. The lowest BCUT2D eigenvalue weighted by molar-refractivity contribution is 0.112. The summed E-state index contributed by atoms with van der Waals surface area (Å²) in [6.07, 6.45) is 4.68. The third-order valence-electron chi connectivity index (χ3n) is 3.70. The lowest BCUT2D eigenvalue weighted by Gasteiger charge is -2.17. The molecule has 2 aromatic carbocycles. The lowest BCUT2D eigenvalue weighted by atomic mass is 9.92. The van der Waals surface area contributed by atoms with E-state index >= 15 is 0 Å². The van der Waals surface area contributed by atoms with Gasteiger partial charge in [0.15, 0.2) is 17.4 Å². The Bertz CT molecular complexity index is 672. The van der Waals surface area contributed by atoms with E-state index in [1.807, 2.05) is 12.1 Å². The van der Waals surface area contributed by atoms with Gasteiger partial charge in [-0.15, -0.1) is 0 Å². The van der Waals surface area contributed by atoms with Gasteiger partial charge in [0.1, 0.15) is 12.0 Å². The normalized spacial score (nSPS) is 13.6. The Labute approximate surface area is 121 Å². The highest BCUT2D eigenvalue weighted by molar-refractivity contribution is 5.75. The van der Waals surface area contributed by atoms with Gasteiger partial charge in [-0.2, -0.15) is 0 Å². The first-order valence-electron chi connectivity index (χ1n) is 6.91. The molecule has 0 saturated carbocycles. The molecular weight excluding hydrogens is 274 g/mol. The SMILES string of the molecule is O=Cc1cc(F)c(Oc2ccc3c(c2)CCCC3)c(F)c1. The van der Waals surface area contributed by atoms with Gasteiger partial charge >= 0.3 is 0 Å². The van der Waals surface area contributed by atoms with Crippen molar-refractivity contribution in [3.05, 3.63) is 58.7 Å². The average Bonchev–Trinajstić information content (AvgIpc) is 2.50. The minimum atomic E-state index is -0.880. The molecule has 2 nitrogen and oxygen atoms in total. The number of aldehydes is 1. The molecule has 21 heavy (non-hydrogen) atoms. The molecule has 0 aliphatic heterocycles. The Kier molecular flexibility index (Phi) is 3.69. The van der Waals surface area contributed by atoms with Crippen LogP contribution in [0.4, 0.5) is 8.78 Å². The second-order valence-electron chi connectivity index (χ2n) is 5.17. The summed E-state index contributed by atoms with van der Waals surface area (Å²) in [4.78, 5) is 10.6. The highest BCUT2D eigenvalue weighted by Crippen LogP contribution is 2.31. The summed E-state index contributed by atoms with van der Waals surface area (Å²) in [5.74, 6) is -1.83. The summed E-state index contributed by atoms with van der Waals surface area (Å²) in [5.41, 5.74) is 2.39. The number of rotatable bonds is 3. The number of benzene rings is 2. The van der Waals surface area contributed by atoms with Gasteiger partial charge in [-0.3, -0.25) is 4.79 Å². The molecule has 2 aromatic rings. The molecule has 0 amide bonds. The van der Waals surface area contributed by atoms with Crippen molar-refractivity contribution in [3.63, 3.8) is 0 Å². The summed E-state index contributed by atoms with van der Waals surface area (Å²) in [6, 6.07) is 7.42. The zero-order chi connectivity index (χ0) is 14.8. The van der Waals surface area contributed by atoms with Crippen LogP contribution in [0.2, 0.25) is 0 Å². The van der Waals surface area contributed by atoms with E-state index in [1.54, 1.807) is 6.07 Å². The minimum absolute atomic E-state index is 0.0530. The largest absolute Gasteiger partial charge is 0.451 e. The van der Waals surface area contributed by atoms with Gasteiger partial charge < -0.3 is 4.74 Å². The summed E-state index contributed by atoms with van der Waals surface area (Å²) in [7, 11) is 0. The monoisotopic (exact) mass is 288 g/mol. The number of ether oxygens (including phenoxy) is 1. The standard InChI is InChI=1S/C17H14F2O2/c18-15-7-11(10-20)8-16(19)17(15)21-14-6-5-12-3-1-2-4-13(12)9-14/h5-10H,1-4H2. The fourth-order valence-corrected chi connectivity index (χ4v) is 2.64. The maximum Gasteiger partial charge on any atom is 0.198 e. The van der Waals surface area contributed by atoms with Gasteiger partial charge in [0.2, 0.25) is 0 Å². The molecule has 0 heterocycles. The molecule has 0 saturated heterocycles. The molecule has 0 atom stereocenters. The molecule has 4 heteroatoms. The van der Waals surface area contributed by atoms with Gasteiger partial charge in [-0.1, -0.05) is 6.07 Å². The van der Waals surface area contributed by atoms with Crippen molar-refractivity contribution in [2.45, 2.75) is 25.7 Å². The Morgan fingerprint density at radius 2 is 1.62 bits per heavy atom. The van der Waals surface area contributed by atoms with Crippen LogP contribution in [0.1, 0.15) is 34.3 Å². The molecule has 3 rings (SSSR count). The van der Waals surface area contributed by atoms with E-state index in [9.17, 15) is 13.6 Å². The molecule has 0 bridgehead atoms. The molecular formula is C17H14F2O2. The first kappa shape index (κ1) is 13.7. The zero-order valence-corrected chi connectivity index (χ0v) is 11.4. The maximum atomic E-state index is 13.8. The van der Waals surface area contributed by atoms with E-state index in [-0.39, 0.29) is 5.56 Å². The topological polar surface area (TPSA) is 26.3 Å². The first-order chi connectivity index (χ1) is 10.2. The quantitative estimate of drug-likeness (QED) is 0.780. The molecule has 0 aromatic heterocycles. The van der Waals surface area contributed by atoms with E-state index in [0.29, 0.717) is 12.0 Å². The Balaban J connectivity index is 1.92. The molecule has 0 N–H and O–H groups in total. The predicted molar refractivity (Wildman–Crippen MR) is 74.9 cm³/mol. The van der Waals surface area contributed by atoms with Gasteiger partial charge in [0.05, 0.1) is 0 Å². The van der Waals surface area contributed by atoms with Crippen LogP contribution in [0.15, 0.2) is 30.3 Å². The second-order valence-corrected chi connectivity index (χ2v) is 5.17. The van der Waals surface area contributed by atoms with Crippen LogP contribution in [0.3, 0.4) is 0 Å². The number of hydrogen-bond donors (Lipinski definition) is 0. The van der Waals surface area contributed by atoms with E-state index in [2.05, 4.69) is 0 Å². The van der Waals surface area contributed by atoms with Crippen molar-refractivity contribution >= 4 is 6.29 Å². The maximum absolute atomic E-state index is 13.8. The number of carbonyl (C=O) groups excluding carboxylic acids is 1. The summed E-state index contributed by atoms with van der Waals surface area (Å²) in [5, 5.41) is 0. The number of aryl methyl sites for hydroxylation is 2. The van der Waals surface area contributed by atoms with Crippen molar-refractivity contribution in [1.82, 2.24) is 0 Å². The third-order valence-corrected chi connectivity index (χ3v) is 3.70. The van der Waals surface area contributed by atoms with Crippen molar-refractivity contribution < 1.29 is 18.3 Å². The minimum Gasteiger partial charge on any atom is -0.451 e. The van der Waals surface area contributed by atoms with Crippen LogP contribution in [0.25, 0.3) is 0 Å². The van der Waals surface area contributed by atoms with Crippen LogP contribution in [-0.4, -0.2) is 6.29 Å². The van der Waals surface area contributed by atoms with Crippen LogP contribution in [0.5, 0.6) is 11.5 Å². The number of carbonyl (C=O) groups is 1. The van der Waals surface area contributed by atoms with E-state index in [4.69, 9.17) is 4.74 Å². The molecule has 0 spiro atoms. The predicted octanol–water partition coefficient (Wildman–Crippen LogP) is 4.45. The Hall–Kier alpha value is -2.23. The fraction of sp³-hybridized carbons (Fsp3) is 0.235. The summed E-state index contributed by atoms with van der Waals surface area (Å²) in [6.45, 7) is 0. The number of fused-ring (bicyclic) bond motifs is 1.